The molecule has 2 N–H and O–H groups in total. The van der Waals surface area contributed by atoms with Crippen LogP contribution in [0.4, 0.5) is 0 Å². The average molecular weight is 559 g/mol. The molecule has 4 aromatic rings. The largest absolute Gasteiger partial charge is 0.478 e. The smallest absolute Gasteiger partial charge is 0.335 e. The zero-order valence-corrected chi connectivity index (χ0v) is 22.1. The van der Waals surface area contributed by atoms with Gasteiger partial charge in [-0.3, -0.25) is 0 Å². The Morgan fingerprint density at radius 1 is 1.14 bits per heavy atom. The van der Waals surface area contributed by atoms with Gasteiger partial charge in [0.2, 0.25) is 0 Å². The molecule has 0 unspecified atom stereocenters. The minimum Gasteiger partial charge on any atom is -0.478 e. The van der Waals surface area contributed by atoms with Gasteiger partial charge in [0, 0.05) is 17.0 Å². The van der Waals surface area contributed by atoms with E-state index in [2.05, 4.69) is 10.1 Å². The molecule has 0 bridgehead atoms. The van der Waals surface area contributed by atoms with Crippen LogP contribution in [0.5, 0.6) is 0 Å². The third-order valence-electron chi connectivity index (χ3n) is 7.22. The van der Waals surface area contributed by atoms with Gasteiger partial charge in [-0.1, -0.05) is 34.4 Å². The number of hydrogen-bond donors (Lipinski definition) is 2. The van der Waals surface area contributed by atoms with Crippen molar-refractivity contribution >= 4 is 50.7 Å². The van der Waals surface area contributed by atoms with E-state index >= 15 is 0 Å². The first kappa shape index (κ1) is 24.8. The number of thiazole rings is 1. The van der Waals surface area contributed by atoms with Crippen LogP contribution in [0.1, 0.15) is 71.1 Å². The topological polar surface area (TPSA) is 106 Å². The van der Waals surface area contributed by atoms with Crippen molar-refractivity contribution in [2.45, 2.75) is 62.8 Å². The number of aromatic nitrogens is 2. The molecule has 2 fully saturated rings. The lowest BCUT2D eigenvalue weighted by molar-refractivity contribution is -0.0640. The molecular formula is C27H24Cl2N2O5S. The zero-order valence-electron chi connectivity index (χ0n) is 19.7. The van der Waals surface area contributed by atoms with Gasteiger partial charge in [0.05, 0.1) is 38.5 Å². The summed E-state index contributed by atoms with van der Waals surface area (Å²) in [7, 11) is 0. The van der Waals surface area contributed by atoms with Crippen molar-refractivity contribution < 1.29 is 24.3 Å². The van der Waals surface area contributed by atoms with Crippen LogP contribution in [-0.2, 0) is 16.9 Å². The minimum absolute atomic E-state index is 0.0372. The van der Waals surface area contributed by atoms with E-state index in [-0.39, 0.29) is 11.7 Å². The molecule has 2 aromatic heterocycles. The first-order chi connectivity index (χ1) is 17.8. The van der Waals surface area contributed by atoms with Crippen LogP contribution in [0, 0.1) is 0 Å². The molecule has 37 heavy (non-hydrogen) atoms. The Labute approximate surface area is 227 Å². The van der Waals surface area contributed by atoms with Crippen molar-refractivity contribution in [2.24, 2.45) is 0 Å². The van der Waals surface area contributed by atoms with Crippen molar-refractivity contribution in [2.75, 3.05) is 0 Å². The molecule has 2 saturated carbocycles. The maximum absolute atomic E-state index is 11.4. The summed E-state index contributed by atoms with van der Waals surface area (Å²) in [4.78, 5) is 15.9. The van der Waals surface area contributed by atoms with Crippen LogP contribution in [0.15, 0.2) is 40.9 Å². The lowest BCUT2D eigenvalue weighted by Crippen LogP contribution is -2.34. The quantitative estimate of drug-likeness (QED) is 0.247. The van der Waals surface area contributed by atoms with Crippen molar-refractivity contribution in [1.29, 1.82) is 0 Å². The Morgan fingerprint density at radius 2 is 1.86 bits per heavy atom. The molecule has 0 atom stereocenters. The number of rotatable bonds is 7. The molecule has 7 nitrogen and oxygen atoms in total. The number of halogens is 2. The maximum Gasteiger partial charge on any atom is 0.335 e. The van der Waals surface area contributed by atoms with Crippen molar-refractivity contribution in [1.82, 2.24) is 10.1 Å². The summed E-state index contributed by atoms with van der Waals surface area (Å²) in [6, 6.07) is 10.2. The number of ether oxygens (including phenoxy) is 1. The molecule has 2 aromatic carbocycles. The standard InChI is InChI=1S/C27H24Cl2N2O5S/c28-18-2-1-3-19(29)22(18)23-17(24(36-31-23)14-4-5-14)13-35-16-8-10-27(34,11-9-16)26-30-20-7-6-15(25(32)33)12-21(20)37-26/h1-3,6-7,12,14,16,34H,4-5,8-11,13H2,(H,32,33). The SMILES string of the molecule is O=C(O)c1ccc2nc(C3(O)CCC(OCc4c(-c5c(Cl)cccc5Cl)noc4C4CC4)CC3)sc2c1. The minimum atomic E-state index is -1.06. The number of carbonyl (C=O) groups is 1. The van der Waals surface area contributed by atoms with Gasteiger partial charge in [-0.2, -0.15) is 0 Å². The van der Waals surface area contributed by atoms with Gasteiger partial charge in [0.1, 0.15) is 22.1 Å². The van der Waals surface area contributed by atoms with E-state index in [0.29, 0.717) is 70.0 Å². The van der Waals surface area contributed by atoms with Crippen LogP contribution in [0.3, 0.4) is 0 Å². The molecule has 0 radical (unpaired) electrons. The number of benzene rings is 2. The third kappa shape index (κ3) is 4.77. The fraction of sp³-hybridized carbons (Fsp3) is 0.370. The first-order valence-electron chi connectivity index (χ1n) is 12.2. The van der Waals surface area contributed by atoms with Crippen LogP contribution in [0.2, 0.25) is 10.0 Å². The highest BCUT2D eigenvalue weighted by atomic mass is 35.5. The van der Waals surface area contributed by atoms with Crippen molar-refractivity contribution in [3.63, 3.8) is 0 Å². The highest BCUT2D eigenvalue weighted by Crippen LogP contribution is 2.47. The molecule has 192 valence electrons. The highest BCUT2D eigenvalue weighted by Gasteiger charge is 2.39. The molecule has 0 spiro atoms. The second kappa shape index (κ2) is 9.67. The van der Waals surface area contributed by atoms with Crippen molar-refractivity contribution in [3.8, 4) is 11.3 Å². The van der Waals surface area contributed by atoms with Gasteiger partial charge < -0.3 is 19.5 Å². The summed E-state index contributed by atoms with van der Waals surface area (Å²) in [5.41, 5.74) is 2.02. The van der Waals surface area contributed by atoms with Gasteiger partial charge in [-0.25, -0.2) is 9.78 Å². The predicted molar refractivity (Wildman–Crippen MR) is 141 cm³/mol. The molecule has 6 rings (SSSR count). The van der Waals surface area contributed by atoms with E-state index in [1.54, 1.807) is 30.3 Å². The summed E-state index contributed by atoms with van der Waals surface area (Å²) < 4.78 is 12.8. The van der Waals surface area contributed by atoms with Gasteiger partial charge in [-0.05, 0) is 68.9 Å². The van der Waals surface area contributed by atoms with Crippen LogP contribution in [-0.4, -0.2) is 32.4 Å². The second-order valence-corrected chi connectivity index (χ2v) is 11.6. The normalized spacial score (nSPS) is 22.0. The Hall–Kier alpha value is -2.49. The summed E-state index contributed by atoms with van der Waals surface area (Å²) in [5.74, 6) is 0.206. The Kier molecular flexibility index (Phi) is 6.49. The Balaban J connectivity index is 1.17. The summed E-state index contributed by atoms with van der Waals surface area (Å²) in [5, 5.41) is 26.6. The molecule has 2 aliphatic rings. The van der Waals surface area contributed by atoms with Crippen LogP contribution < -0.4 is 0 Å². The number of carboxylic acid groups (broad SMARTS) is 1. The molecule has 2 aliphatic carbocycles. The average Bonchev–Trinajstić information content (AvgIpc) is 3.49. The van der Waals surface area contributed by atoms with E-state index in [1.165, 1.54) is 17.4 Å². The number of carboxylic acids is 1. The molecule has 0 saturated heterocycles. The molecule has 10 heteroatoms. The molecule has 0 amide bonds. The number of fused-ring (bicyclic) bond motifs is 1. The third-order valence-corrected chi connectivity index (χ3v) is 9.06. The number of nitrogens with zero attached hydrogens (tertiary/aromatic N) is 2. The fourth-order valence-electron chi connectivity index (χ4n) is 4.96. The van der Waals surface area contributed by atoms with E-state index in [0.717, 1.165) is 28.9 Å². The van der Waals surface area contributed by atoms with E-state index in [9.17, 15) is 15.0 Å². The summed E-state index contributed by atoms with van der Waals surface area (Å²) in [6.45, 7) is 0.328. The fourth-order valence-corrected chi connectivity index (χ4v) is 6.68. The first-order valence-corrected chi connectivity index (χ1v) is 13.8. The lowest BCUT2D eigenvalue weighted by atomic mass is 9.83. The second-order valence-electron chi connectivity index (χ2n) is 9.79. The van der Waals surface area contributed by atoms with Gasteiger partial charge in [0.25, 0.3) is 0 Å². The van der Waals surface area contributed by atoms with Gasteiger partial charge >= 0.3 is 5.97 Å². The molecular weight excluding hydrogens is 535 g/mol. The number of aliphatic hydroxyl groups is 1. The van der Waals surface area contributed by atoms with E-state index in [4.69, 9.17) is 32.5 Å². The van der Waals surface area contributed by atoms with E-state index in [1.807, 2.05) is 0 Å². The number of hydrogen-bond acceptors (Lipinski definition) is 7. The predicted octanol–water partition coefficient (Wildman–Crippen LogP) is 7.18. The summed E-state index contributed by atoms with van der Waals surface area (Å²) >= 11 is 14.3. The van der Waals surface area contributed by atoms with E-state index < -0.39 is 11.6 Å². The summed E-state index contributed by atoms with van der Waals surface area (Å²) in [6.07, 6.45) is 4.43. The van der Waals surface area contributed by atoms with Crippen molar-refractivity contribution in [3.05, 3.63) is 68.3 Å². The Bertz CT molecular complexity index is 1470. The van der Waals surface area contributed by atoms with Crippen LogP contribution >= 0.6 is 34.5 Å². The van der Waals surface area contributed by atoms with Gasteiger partial charge in [0.15, 0.2) is 0 Å². The molecule has 2 heterocycles. The molecule has 0 aliphatic heterocycles. The monoisotopic (exact) mass is 558 g/mol. The number of aromatic carboxylic acids is 1. The lowest BCUT2D eigenvalue weighted by Gasteiger charge is -2.34. The van der Waals surface area contributed by atoms with Crippen LogP contribution in [0.25, 0.3) is 21.5 Å². The zero-order chi connectivity index (χ0) is 25.7. The highest BCUT2D eigenvalue weighted by molar-refractivity contribution is 7.18. The van der Waals surface area contributed by atoms with Gasteiger partial charge in [-0.15, -0.1) is 11.3 Å². The maximum atomic E-state index is 11.4. The Morgan fingerprint density at radius 3 is 2.54 bits per heavy atom.